The third-order valence-electron chi connectivity index (χ3n) is 6.23. The SMILES string of the molecule is NC1CCC(C2CCC(CCc3cccc(F)c3F)CC2)CC1. The summed E-state index contributed by atoms with van der Waals surface area (Å²) in [6.45, 7) is 0. The Morgan fingerprint density at radius 3 is 2.13 bits per heavy atom. The molecule has 0 heterocycles. The first-order valence-electron chi connectivity index (χ1n) is 9.32. The molecule has 0 atom stereocenters. The van der Waals surface area contributed by atoms with Crippen molar-refractivity contribution in [3.05, 3.63) is 35.4 Å². The lowest BCUT2D eigenvalue weighted by molar-refractivity contribution is 0.157. The molecule has 0 unspecified atom stereocenters. The summed E-state index contributed by atoms with van der Waals surface area (Å²) in [7, 11) is 0. The molecule has 3 heteroatoms. The first-order chi connectivity index (χ1) is 11.1. The molecule has 23 heavy (non-hydrogen) atoms. The normalized spacial score (nSPS) is 32.0. The van der Waals surface area contributed by atoms with Crippen LogP contribution in [0, 0.1) is 29.4 Å². The zero-order valence-corrected chi connectivity index (χ0v) is 13.9. The van der Waals surface area contributed by atoms with Gasteiger partial charge in [0.1, 0.15) is 0 Å². The fourth-order valence-electron chi connectivity index (χ4n) is 4.67. The van der Waals surface area contributed by atoms with Gasteiger partial charge >= 0.3 is 0 Å². The maximum Gasteiger partial charge on any atom is 0.162 e. The predicted octanol–water partition coefficient (Wildman–Crippen LogP) is 5.22. The van der Waals surface area contributed by atoms with Gasteiger partial charge in [-0.3, -0.25) is 0 Å². The Morgan fingerprint density at radius 1 is 0.870 bits per heavy atom. The van der Waals surface area contributed by atoms with E-state index < -0.39 is 11.6 Å². The van der Waals surface area contributed by atoms with E-state index in [0.717, 1.165) is 18.3 Å². The van der Waals surface area contributed by atoms with Crippen LogP contribution in [0.1, 0.15) is 63.4 Å². The predicted molar refractivity (Wildman–Crippen MR) is 90.1 cm³/mol. The van der Waals surface area contributed by atoms with E-state index in [1.54, 1.807) is 12.1 Å². The number of aryl methyl sites for hydroxylation is 1. The van der Waals surface area contributed by atoms with Gasteiger partial charge in [-0.2, -0.15) is 0 Å². The molecule has 0 radical (unpaired) electrons. The highest BCUT2D eigenvalue weighted by Crippen LogP contribution is 2.40. The molecule has 2 N–H and O–H groups in total. The topological polar surface area (TPSA) is 26.0 Å². The Kier molecular flexibility index (Phi) is 5.68. The van der Waals surface area contributed by atoms with E-state index in [1.165, 1.54) is 57.4 Å². The molecule has 1 nitrogen and oxygen atoms in total. The van der Waals surface area contributed by atoms with Gasteiger partial charge in [0.15, 0.2) is 11.6 Å². The van der Waals surface area contributed by atoms with E-state index in [1.807, 2.05) is 0 Å². The van der Waals surface area contributed by atoms with Crippen molar-refractivity contribution in [3.63, 3.8) is 0 Å². The second-order valence-corrected chi connectivity index (χ2v) is 7.71. The van der Waals surface area contributed by atoms with Crippen LogP contribution in [0.5, 0.6) is 0 Å². The molecule has 1 aromatic carbocycles. The van der Waals surface area contributed by atoms with E-state index in [-0.39, 0.29) is 0 Å². The van der Waals surface area contributed by atoms with Crippen LogP contribution in [-0.4, -0.2) is 6.04 Å². The number of nitrogens with two attached hydrogens (primary N) is 1. The Hall–Kier alpha value is -0.960. The fraction of sp³-hybridized carbons (Fsp3) is 0.700. The zero-order chi connectivity index (χ0) is 16.2. The molecular weight excluding hydrogens is 292 g/mol. The largest absolute Gasteiger partial charge is 0.328 e. The van der Waals surface area contributed by atoms with Crippen molar-refractivity contribution in [3.8, 4) is 0 Å². The minimum Gasteiger partial charge on any atom is -0.328 e. The van der Waals surface area contributed by atoms with Gasteiger partial charge in [0.05, 0.1) is 0 Å². The fourth-order valence-corrected chi connectivity index (χ4v) is 4.67. The minimum absolute atomic E-state index is 0.434. The second-order valence-electron chi connectivity index (χ2n) is 7.71. The lowest BCUT2D eigenvalue weighted by Crippen LogP contribution is -2.31. The van der Waals surface area contributed by atoms with Crippen LogP contribution in [0.2, 0.25) is 0 Å². The molecule has 2 aliphatic carbocycles. The first kappa shape index (κ1) is 16.9. The van der Waals surface area contributed by atoms with Crippen LogP contribution >= 0.6 is 0 Å². The number of hydrogen-bond acceptors (Lipinski definition) is 1. The van der Waals surface area contributed by atoms with E-state index >= 15 is 0 Å². The van der Waals surface area contributed by atoms with Crippen molar-refractivity contribution in [1.82, 2.24) is 0 Å². The highest BCUT2D eigenvalue weighted by atomic mass is 19.2. The number of halogens is 2. The molecule has 1 aromatic rings. The number of benzene rings is 1. The molecule has 0 aliphatic heterocycles. The van der Waals surface area contributed by atoms with Crippen molar-refractivity contribution < 1.29 is 8.78 Å². The Morgan fingerprint density at radius 2 is 1.48 bits per heavy atom. The van der Waals surface area contributed by atoms with E-state index in [2.05, 4.69) is 0 Å². The molecule has 3 rings (SSSR count). The van der Waals surface area contributed by atoms with Crippen molar-refractivity contribution in [1.29, 1.82) is 0 Å². The summed E-state index contributed by atoms with van der Waals surface area (Å²) in [6, 6.07) is 4.96. The van der Waals surface area contributed by atoms with Gasteiger partial charge < -0.3 is 5.73 Å². The van der Waals surface area contributed by atoms with E-state index in [9.17, 15) is 8.78 Å². The summed E-state index contributed by atoms with van der Waals surface area (Å²) < 4.78 is 27.0. The summed E-state index contributed by atoms with van der Waals surface area (Å²) in [6.07, 6.45) is 11.8. The maximum atomic E-state index is 13.7. The van der Waals surface area contributed by atoms with Crippen LogP contribution in [0.15, 0.2) is 18.2 Å². The first-order valence-corrected chi connectivity index (χ1v) is 9.32. The molecule has 2 aliphatic rings. The average molecular weight is 321 g/mol. The molecule has 0 aromatic heterocycles. The van der Waals surface area contributed by atoms with Gasteiger partial charge in [0.25, 0.3) is 0 Å². The quantitative estimate of drug-likeness (QED) is 0.808. The average Bonchev–Trinajstić information content (AvgIpc) is 2.57. The van der Waals surface area contributed by atoms with Crippen molar-refractivity contribution in [2.45, 2.75) is 70.3 Å². The second kappa shape index (κ2) is 7.74. The molecule has 2 fully saturated rings. The Balaban J connectivity index is 1.43. The highest BCUT2D eigenvalue weighted by molar-refractivity contribution is 5.19. The molecule has 0 bridgehead atoms. The number of hydrogen-bond donors (Lipinski definition) is 1. The zero-order valence-electron chi connectivity index (χ0n) is 13.9. The molecule has 2 saturated carbocycles. The van der Waals surface area contributed by atoms with Crippen LogP contribution in [0.25, 0.3) is 0 Å². The van der Waals surface area contributed by atoms with Gasteiger partial charge in [0, 0.05) is 6.04 Å². The third kappa shape index (κ3) is 4.32. The van der Waals surface area contributed by atoms with Crippen LogP contribution in [-0.2, 0) is 6.42 Å². The number of rotatable bonds is 4. The van der Waals surface area contributed by atoms with Crippen molar-refractivity contribution in [2.24, 2.45) is 23.5 Å². The van der Waals surface area contributed by atoms with Gasteiger partial charge in [-0.25, -0.2) is 8.78 Å². The standard InChI is InChI=1S/C20H29F2N/c21-19-3-1-2-17(20(19)22)9-6-14-4-7-15(8-5-14)16-10-12-18(23)13-11-16/h1-3,14-16,18H,4-13,23H2. The van der Waals surface area contributed by atoms with Gasteiger partial charge in [-0.05, 0) is 80.8 Å². The van der Waals surface area contributed by atoms with Crippen molar-refractivity contribution in [2.75, 3.05) is 0 Å². The summed E-state index contributed by atoms with van der Waals surface area (Å²) in [5.41, 5.74) is 6.54. The van der Waals surface area contributed by atoms with Crippen LogP contribution in [0.3, 0.4) is 0 Å². The lowest BCUT2D eigenvalue weighted by atomic mass is 9.69. The highest BCUT2D eigenvalue weighted by Gasteiger charge is 2.30. The summed E-state index contributed by atoms with van der Waals surface area (Å²) in [5.74, 6) is 1.07. The summed E-state index contributed by atoms with van der Waals surface area (Å²) >= 11 is 0. The lowest BCUT2D eigenvalue weighted by Gasteiger charge is -2.37. The summed E-state index contributed by atoms with van der Waals surface area (Å²) in [5, 5.41) is 0. The van der Waals surface area contributed by atoms with Crippen LogP contribution < -0.4 is 5.73 Å². The Bertz CT molecular complexity index is 500. The molecular formula is C20H29F2N. The maximum absolute atomic E-state index is 13.7. The van der Waals surface area contributed by atoms with Gasteiger partial charge in [-0.1, -0.05) is 25.0 Å². The molecule has 128 valence electrons. The molecule has 0 saturated heterocycles. The van der Waals surface area contributed by atoms with Gasteiger partial charge in [-0.15, -0.1) is 0 Å². The van der Waals surface area contributed by atoms with Crippen molar-refractivity contribution >= 4 is 0 Å². The van der Waals surface area contributed by atoms with E-state index in [4.69, 9.17) is 5.73 Å². The monoisotopic (exact) mass is 321 g/mol. The summed E-state index contributed by atoms with van der Waals surface area (Å²) in [4.78, 5) is 0. The van der Waals surface area contributed by atoms with E-state index in [0.29, 0.717) is 23.9 Å². The molecule has 0 spiro atoms. The smallest absolute Gasteiger partial charge is 0.162 e. The van der Waals surface area contributed by atoms with Gasteiger partial charge in [0.2, 0.25) is 0 Å². The minimum atomic E-state index is -0.721. The van der Waals surface area contributed by atoms with Crippen LogP contribution in [0.4, 0.5) is 8.78 Å². The molecule has 0 amide bonds. The Labute approximate surface area is 138 Å². The third-order valence-corrected chi connectivity index (χ3v) is 6.23.